The Kier molecular flexibility index (Phi) is 4.40. The second-order valence-electron chi connectivity index (χ2n) is 3.98. The van der Waals surface area contributed by atoms with Crippen LogP contribution in [0.25, 0.3) is 0 Å². The van der Waals surface area contributed by atoms with Gasteiger partial charge in [0.05, 0.1) is 0 Å². The summed E-state index contributed by atoms with van der Waals surface area (Å²) in [7, 11) is 0. The van der Waals surface area contributed by atoms with Crippen molar-refractivity contribution in [1.29, 1.82) is 0 Å². The number of rotatable bonds is 4. The van der Waals surface area contributed by atoms with Gasteiger partial charge >= 0.3 is 0 Å². The average molecular weight is 296 g/mol. The van der Waals surface area contributed by atoms with Crippen LogP contribution in [0, 0.1) is 6.92 Å². The Morgan fingerprint density at radius 1 is 1.26 bits per heavy atom. The highest BCUT2D eigenvalue weighted by Gasteiger charge is 2.07. The van der Waals surface area contributed by atoms with Gasteiger partial charge in [-0.1, -0.05) is 29.3 Å². The molecule has 1 aromatic heterocycles. The van der Waals surface area contributed by atoms with E-state index in [9.17, 15) is 4.79 Å². The number of carbonyl (C=O) groups excluding carboxylic acids is 1. The number of hydrogen-bond acceptors (Lipinski definition) is 3. The van der Waals surface area contributed by atoms with Crippen molar-refractivity contribution in [3.63, 3.8) is 0 Å². The van der Waals surface area contributed by atoms with Gasteiger partial charge in [-0.15, -0.1) is 0 Å². The second-order valence-corrected chi connectivity index (χ2v) is 4.82. The summed E-state index contributed by atoms with van der Waals surface area (Å²) >= 11 is 11.9. The number of benzene rings is 1. The minimum atomic E-state index is 0.252. The summed E-state index contributed by atoms with van der Waals surface area (Å²) in [6.07, 6.45) is 0.672. The minimum Gasteiger partial charge on any atom is -0.486 e. The summed E-state index contributed by atoms with van der Waals surface area (Å²) < 4.78 is 5.57. The Balaban J connectivity index is 2.16. The SMILES string of the molecule is Cc1ccc(OCc2ccc(Cl)cc2Cl)c(C=O)n1. The number of carbonyl (C=O) groups is 1. The molecule has 1 heterocycles. The molecule has 0 amide bonds. The van der Waals surface area contributed by atoms with Crippen LogP contribution in [0.2, 0.25) is 10.0 Å². The maximum Gasteiger partial charge on any atom is 0.172 e. The maximum absolute atomic E-state index is 10.9. The molecule has 98 valence electrons. The number of aromatic nitrogens is 1. The van der Waals surface area contributed by atoms with E-state index in [-0.39, 0.29) is 12.3 Å². The van der Waals surface area contributed by atoms with E-state index in [0.29, 0.717) is 22.1 Å². The standard InChI is InChI=1S/C14H11Cl2NO2/c1-9-2-5-14(13(7-18)17-9)19-8-10-3-4-11(15)6-12(10)16/h2-7H,8H2,1H3. The van der Waals surface area contributed by atoms with Gasteiger partial charge in [0.1, 0.15) is 18.1 Å². The zero-order valence-corrected chi connectivity index (χ0v) is 11.7. The first-order valence-electron chi connectivity index (χ1n) is 5.59. The van der Waals surface area contributed by atoms with Crippen molar-refractivity contribution in [1.82, 2.24) is 4.98 Å². The minimum absolute atomic E-state index is 0.252. The Hall–Kier alpha value is -1.58. The lowest BCUT2D eigenvalue weighted by atomic mass is 10.2. The lowest BCUT2D eigenvalue weighted by Crippen LogP contribution is -2.01. The summed E-state index contributed by atoms with van der Waals surface area (Å²) in [6, 6.07) is 8.67. The summed E-state index contributed by atoms with van der Waals surface area (Å²) in [5.74, 6) is 0.437. The van der Waals surface area contributed by atoms with Gasteiger partial charge in [0.15, 0.2) is 6.29 Å². The van der Waals surface area contributed by atoms with Crippen molar-refractivity contribution >= 4 is 29.5 Å². The molecular formula is C14H11Cl2NO2. The highest BCUT2D eigenvalue weighted by atomic mass is 35.5. The van der Waals surface area contributed by atoms with Gasteiger partial charge in [0, 0.05) is 21.3 Å². The Bertz CT molecular complexity index is 614. The van der Waals surface area contributed by atoms with Crippen LogP contribution in [0.5, 0.6) is 5.75 Å². The van der Waals surface area contributed by atoms with E-state index < -0.39 is 0 Å². The third kappa shape index (κ3) is 3.46. The van der Waals surface area contributed by atoms with Crippen molar-refractivity contribution in [2.45, 2.75) is 13.5 Å². The van der Waals surface area contributed by atoms with Gasteiger partial charge in [-0.3, -0.25) is 4.79 Å². The maximum atomic E-state index is 10.9. The number of nitrogens with zero attached hydrogens (tertiary/aromatic N) is 1. The normalized spacial score (nSPS) is 10.3. The van der Waals surface area contributed by atoms with E-state index >= 15 is 0 Å². The molecule has 0 aliphatic rings. The summed E-state index contributed by atoms with van der Waals surface area (Å²) in [5, 5.41) is 1.10. The fourth-order valence-corrected chi connectivity index (χ4v) is 2.03. The van der Waals surface area contributed by atoms with Gasteiger partial charge in [0.25, 0.3) is 0 Å². The third-order valence-corrected chi connectivity index (χ3v) is 3.12. The van der Waals surface area contributed by atoms with Crippen LogP contribution in [0.15, 0.2) is 30.3 Å². The number of aldehydes is 1. The topological polar surface area (TPSA) is 39.2 Å². The van der Waals surface area contributed by atoms with Crippen molar-refractivity contribution < 1.29 is 9.53 Å². The molecule has 0 aliphatic carbocycles. The number of aryl methyl sites for hydroxylation is 1. The number of pyridine rings is 1. The van der Waals surface area contributed by atoms with Crippen molar-refractivity contribution in [2.75, 3.05) is 0 Å². The molecule has 0 radical (unpaired) electrons. The quantitative estimate of drug-likeness (QED) is 0.798. The predicted octanol–water partition coefficient (Wildman–Crippen LogP) is 4.09. The molecule has 0 bridgehead atoms. The largest absolute Gasteiger partial charge is 0.486 e. The highest BCUT2D eigenvalue weighted by molar-refractivity contribution is 6.35. The molecular weight excluding hydrogens is 285 g/mol. The molecule has 0 spiro atoms. The smallest absolute Gasteiger partial charge is 0.172 e. The highest BCUT2D eigenvalue weighted by Crippen LogP contribution is 2.23. The summed E-state index contributed by atoms with van der Waals surface area (Å²) in [5.41, 5.74) is 1.84. The molecule has 5 heteroatoms. The first-order valence-corrected chi connectivity index (χ1v) is 6.35. The Labute approximate surface area is 121 Å². The van der Waals surface area contributed by atoms with Crippen molar-refractivity contribution in [3.8, 4) is 5.75 Å². The van der Waals surface area contributed by atoms with Crippen molar-refractivity contribution in [2.24, 2.45) is 0 Å². The van der Waals surface area contributed by atoms with Crippen LogP contribution < -0.4 is 4.74 Å². The van der Waals surface area contributed by atoms with E-state index in [2.05, 4.69) is 4.98 Å². The molecule has 2 rings (SSSR count). The fourth-order valence-electron chi connectivity index (χ4n) is 1.56. The van der Waals surface area contributed by atoms with Gasteiger partial charge in [-0.2, -0.15) is 0 Å². The molecule has 0 atom stereocenters. The van der Waals surface area contributed by atoms with E-state index in [4.69, 9.17) is 27.9 Å². The third-order valence-electron chi connectivity index (χ3n) is 2.54. The van der Waals surface area contributed by atoms with Crippen LogP contribution in [-0.4, -0.2) is 11.3 Å². The van der Waals surface area contributed by atoms with Crippen LogP contribution in [0.3, 0.4) is 0 Å². The first-order chi connectivity index (χ1) is 9.10. The molecule has 0 unspecified atom stereocenters. The predicted molar refractivity (Wildman–Crippen MR) is 75.2 cm³/mol. The second kappa shape index (κ2) is 6.04. The summed E-state index contributed by atoms with van der Waals surface area (Å²) in [6.45, 7) is 2.06. The van der Waals surface area contributed by atoms with E-state index in [0.717, 1.165) is 11.3 Å². The van der Waals surface area contributed by atoms with Crippen LogP contribution in [0.4, 0.5) is 0 Å². The Morgan fingerprint density at radius 3 is 2.74 bits per heavy atom. The van der Waals surface area contributed by atoms with Gasteiger partial charge < -0.3 is 4.74 Å². The first kappa shape index (κ1) is 13.8. The lowest BCUT2D eigenvalue weighted by molar-refractivity contribution is 0.111. The van der Waals surface area contributed by atoms with Gasteiger partial charge in [-0.05, 0) is 31.2 Å². The average Bonchev–Trinajstić information content (AvgIpc) is 2.39. The number of halogens is 2. The zero-order chi connectivity index (χ0) is 13.8. The lowest BCUT2D eigenvalue weighted by Gasteiger charge is -2.09. The number of hydrogen-bond donors (Lipinski definition) is 0. The molecule has 3 nitrogen and oxygen atoms in total. The Morgan fingerprint density at radius 2 is 2.05 bits per heavy atom. The van der Waals surface area contributed by atoms with E-state index in [1.54, 1.807) is 30.3 Å². The van der Waals surface area contributed by atoms with Crippen molar-refractivity contribution in [3.05, 3.63) is 57.3 Å². The zero-order valence-electron chi connectivity index (χ0n) is 10.2. The fraction of sp³-hybridized carbons (Fsp3) is 0.143. The summed E-state index contributed by atoms with van der Waals surface area (Å²) in [4.78, 5) is 15.0. The molecule has 0 fully saturated rings. The van der Waals surface area contributed by atoms with E-state index in [1.165, 1.54) is 0 Å². The van der Waals surface area contributed by atoms with Crippen LogP contribution in [0.1, 0.15) is 21.7 Å². The molecule has 0 N–H and O–H groups in total. The number of ether oxygens (including phenoxy) is 1. The van der Waals surface area contributed by atoms with E-state index in [1.807, 2.05) is 6.92 Å². The molecule has 1 aromatic carbocycles. The van der Waals surface area contributed by atoms with Crippen LogP contribution in [-0.2, 0) is 6.61 Å². The molecule has 19 heavy (non-hydrogen) atoms. The molecule has 0 saturated heterocycles. The molecule has 0 aliphatic heterocycles. The monoisotopic (exact) mass is 295 g/mol. The van der Waals surface area contributed by atoms with Gasteiger partial charge in [0.2, 0.25) is 0 Å². The van der Waals surface area contributed by atoms with Gasteiger partial charge in [-0.25, -0.2) is 4.98 Å². The molecule has 2 aromatic rings. The van der Waals surface area contributed by atoms with Crippen LogP contribution >= 0.6 is 23.2 Å². The molecule has 0 saturated carbocycles.